The first-order chi connectivity index (χ1) is 11.6. The van der Waals surface area contributed by atoms with Crippen LogP contribution in [0.2, 0.25) is 0 Å². The molecule has 0 aromatic carbocycles. The SMILES string of the molecule is CN(C[C@@H]1C[C@H](F)CN1c1cccnn1)C(=O)CCc1ccco1. The highest BCUT2D eigenvalue weighted by Gasteiger charge is 2.34. The number of alkyl halides is 1. The van der Waals surface area contributed by atoms with E-state index in [2.05, 4.69) is 10.2 Å². The average molecular weight is 332 g/mol. The monoisotopic (exact) mass is 332 g/mol. The summed E-state index contributed by atoms with van der Waals surface area (Å²) < 4.78 is 19.1. The maximum Gasteiger partial charge on any atom is 0.222 e. The molecule has 1 aliphatic rings. The number of halogens is 1. The van der Waals surface area contributed by atoms with E-state index in [-0.39, 0.29) is 18.5 Å². The van der Waals surface area contributed by atoms with Crippen molar-refractivity contribution < 1.29 is 13.6 Å². The molecule has 2 aromatic rings. The van der Waals surface area contributed by atoms with Gasteiger partial charge in [0.25, 0.3) is 0 Å². The Morgan fingerprint density at radius 3 is 3.04 bits per heavy atom. The number of hydrogen-bond donors (Lipinski definition) is 0. The Morgan fingerprint density at radius 1 is 1.46 bits per heavy atom. The Bertz CT molecular complexity index is 650. The van der Waals surface area contributed by atoms with Gasteiger partial charge in [0, 0.05) is 39.1 Å². The summed E-state index contributed by atoms with van der Waals surface area (Å²) >= 11 is 0. The van der Waals surface area contributed by atoms with E-state index in [4.69, 9.17) is 4.42 Å². The molecule has 1 fully saturated rings. The molecule has 1 saturated heterocycles. The molecule has 6 nitrogen and oxygen atoms in total. The Hall–Kier alpha value is -2.44. The molecule has 0 spiro atoms. The number of nitrogens with zero attached hydrogens (tertiary/aromatic N) is 4. The van der Waals surface area contributed by atoms with Gasteiger partial charge in [0.2, 0.25) is 5.91 Å². The second kappa shape index (κ2) is 7.42. The van der Waals surface area contributed by atoms with E-state index in [0.29, 0.717) is 31.6 Å². The van der Waals surface area contributed by atoms with Gasteiger partial charge in [0.15, 0.2) is 5.82 Å². The minimum atomic E-state index is -0.913. The summed E-state index contributed by atoms with van der Waals surface area (Å²) in [4.78, 5) is 15.9. The number of amides is 1. The molecule has 0 N–H and O–H groups in total. The standard InChI is InChI=1S/C17H21FN4O2/c1-21(17(23)7-6-15-4-3-9-24-15)12-14-10-13(18)11-22(14)16-5-2-8-19-20-16/h2-5,8-9,13-14H,6-7,10-12H2,1H3/t13-,14-/m0/s1. The van der Waals surface area contributed by atoms with Gasteiger partial charge >= 0.3 is 0 Å². The van der Waals surface area contributed by atoms with Gasteiger partial charge in [-0.2, -0.15) is 5.10 Å². The van der Waals surface area contributed by atoms with Crippen LogP contribution in [0.3, 0.4) is 0 Å². The van der Waals surface area contributed by atoms with Crippen LogP contribution in [0.25, 0.3) is 0 Å². The highest BCUT2D eigenvalue weighted by Crippen LogP contribution is 2.25. The lowest BCUT2D eigenvalue weighted by atomic mass is 10.1. The fourth-order valence-electron chi connectivity index (χ4n) is 3.05. The lowest BCUT2D eigenvalue weighted by Crippen LogP contribution is -2.41. The van der Waals surface area contributed by atoms with Gasteiger partial charge in [-0.05, 0) is 24.3 Å². The number of furan rings is 1. The van der Waals surface area contributed by atoms with Crippen molar-refractivity contribution in [1.82, 2.24) is 15.1 Å². The Morgan fingerprint density at radius 2 is 2.33 bits per heavy atom. The van der Waals surface area contributed by atoms with Crippen LogP contribution in [0, 0.1) is 0 Å². The zero-order valence-corrected chi connectivity index (χ0v) is 13.6. The zero-order valence-electron chi connectivity index (χ0n) is 13.6. The molecule has 2 aromatic heterocycles. The Balaban J connectivity index is 1.57. The average Bonchev–Trinajstić information content (AvgIpc) is 3.23. The summed E-state index contributed by atoms with van der Waals surface area (Å²) in [5, 5.41) is 7.92. The van der Waals surface area contributed by atoms with E-state index in [0.717, 1.165) is 5.76 Å². The highest BCUT2D eigenvalue weighted by atomic mass is 19.1. The van der Waals surface area contributed by atoms with Crippen LogP contribution in [0.5, 0.6) is 0 Å². The number of aryl methyl sites for hydroxylation is 1. The molecular weight excluding hydrogens is 311 g/mol. The van der Waals surface area contributed by atoms with E-state index in [1.807, 2.05) is 23.1 Å². The number of rotatable bonds is 6. The lowest BCUT2D eigenvalue weighted by molar-refractivity contribution is -0.130. The van der Waals surface area contributed by atoms with Crippen LogP contribution in [-0.4, -0.2) is 53.4 Å². The minimum absolute atomic E-state index is 0.0211. The second-order valence-corrected chi connectivity index (χ2v) is 6.07. The molecule has 0 saturated carbocycles. The number of anilines is 1. The van der Waals surface area contributed by atoms with E-state index in [9.17, 15) is 9.18 Å². The third-order valence-corrected chi connectivity index (χ3v) is 4.29. The fraction of sp³-hybridized carbons (Fsp3) is 0.471. The molecule has 3 heterocycles. The van der Waals surface area contributed by atoms with Gasteiger partial charge in [-0.3, -0.25) is 4.79 Å². The van der Waals surface area contributed by atoms with Gasteiger partial charge < -0.3 is 14.2 Å². The van der Waals surface area contributed by atoms with Gasteiger partial charge in [-0.1, -0.05) is 0 Å². The smallest absolute Gasteiger partial charge is 0.222 e. The first-order valence-corrected chi connectivity index (χ1v) is 8.08. The van der Waals surface area contributed by atoms with Crippen molar-refractivity contribution in [1.29, 1.82) is 0 Å². The second-order valence-electron chi connectivity index (χ2n) is 6.07. The maximum absolute atomic E-state index is 13.9. The van der Waals surface area contributed by atoms with Crippen molar-refractivity contribution in [3.63, 3.8) is 0 Å². The molecule has 0 aliphatic carbocycles. The number of aromatic nitrogens is 2. The number of carbonyl (C=O) groups excluding carboxylic acids is 1. The first kappa shape index (κ1) is 16.4. The third-order valence-electron chi connectivity index (χ3n) is 4.29. The van der Waals surface area contributed by atoms with Crippen molar-refractivity contribution >= 4 is 11.7 Å². The lowest BCUT2D eigenvalue weighted by Gasteiger charge is -2.28. The molecule has 24 heavy (non-hydrogen) atoms. The molecule has 1 aliphatic heterocycles. The Labute approximate surface area is 140 Å². The number of likely N-dealkylation sites (N-methyl/N-ethyl adjacent to an activating group) is 1. The van der Waals surface area contributed by atoms with Crippen LogP contribution >= 0.6 is 0 Å². The largest absolute Gasteiger partial charge is 0.469 e. The zero-order chi connectivity index (χ0) is 16.9. The van der Waals surface area contributed by atoms with Crippen molar-refractivity contribution in [3.8, 4) is 0 Å². The topological polar surface area (TPSA) is 62.5 Å². The van der Waals surface area contributed by atoms with Gasteiger partial charge in [0.05, 0.1) is 18.8 Å². The molecule has 2 atom stereocenters. The number of hydrogen-bond acceptors (Lipinski definition) is 5. The summed E-state index contributed by atoms with van der Waals surface area (Å²) in [7, 11) is 1.75. The van der Waals surface area contributed by atoms with Gasteiger partial charge in [0.1, 0.15) is 11.9 Å². The maximum atomic E-state index is 13.9. The fourth-order valence-corrected chi connectivity index (χ4v) is 3.05. The normalized spacial score (nSPS) is 20.3. The van der Waals surface area contributed by atoms with Crippen LogP contribution < -0.4 is 4.90 Å². The van der Waals surface area contributed by atoms with Gasteiger partial charge in [-0.25, -0.2) is 4.39 Å². The molecule has 3 rings (SSSR count). The van der Waals surface area contributed by atoms with E-state index < -0.39 is 6.17 Å². The minimum Gasteiger partial charge on any atom is -0.469 e. The summed E-state index contributed by atoms with van der Waals surface area (Å²) in [6, 6.07) is 7.17. The molecule has 1 amide bonds. The Kier molecular flexibility index (Phi) is 5.08. The van der Waals surface area contributed by atoms with Crippen LogP contribution in [-0.2, 0) is 11.2 Å². The van der Waals surface area contributed by atoms with Crippen LogP contribution in [0.1, 0.15) is 18.6 Å². The molecule has 7 heteroatoms. The predicted octanol–water partition coefficient (Wildman–Crippen LogP) is 2.08. The summed E-state index contributed by atoms with van der Waals surface area (Å²) in [6.07, 6.45) is 3.62. The van der Waals surface area contributed by atoms with E-state index in [1.165, 1.54) is 0 Å². The van der Waals surface area contributed by atoms with Crippen molar-refractivity contribution in [2.24, 2.45) is 0 Å². The molecule has 0 bridgehead atoms. The van der Waals surface area contributed by atoms with Gasteiger partial charge in [-0.15, -0.1) is 5.10 Å². The summed E-state index contributed by atoms with van der Waals surface area (Å²) in [6.45, 7) is 0.756. The third kappa shape index (κ3) is 3.90. The predicted molar refractivity (Wildman–Crippen MR) is 87.3 cm³/mol. The molecule has 0 radical (unpaired) electrons. The van der Waals surface area contributed by atoms with E-state index in [1.54, 1.807) is 30.5 Å². The molecule has 128 valence electrons. The first-order valence-electron chi connectivity index (χ1n) is 8.08. The van der Waals surface area contributed by atoms with Crippen LogP contribution in [0.4, 0.5) is 10.2 Å². The van der Waals surface area contributed by atoms with Crippen molar-refractivity contribution in [2.75, 3.05) is 25.0 Å². The quantitative estimate of drug-likeness (QED) is 0.810. The molecule has 0 unspecified atom stereocenters. The molecular formula is C17H21FN4O2. The number of carbonyl (C=O) groups is 1. The van der Waals surface area contributed by atoms with Crippen molar-refractivity contribution in [3.05, 3.63) is 42.5 Å². The highest BCUT2D eigenvalue weighted by molar-refractivity contribution is 5.76. The summed E-state index contributed by atoms with van der Waals surface area (Å²) in [5.41, 5.74) is 0. The summed E-state index contributed by atoms with van der Waals surface area (Å²) in [5.74, 6) is 1.47. The van der Waals surface area contributed by atoms with Crippen LogP contribution in [0.15, 0.2) is 41.1 Å². The van der Waals surface area contributed by atoms with Crippen molar-refractivity contribution in [2.45, 2.75) is 31.5 Å². The van der Waals surface area contributed by atoms with E-state index >= 15 is 0 Å².